The van der Waals surface area contributed by atoms with Gasteiger partial charge < -0.3 is 14.6 Å². The van der Waals surface area contributed by atoms with Crippen molar-refractivity contribution in [1.29, 1.82) is 0 Å². The maximum atomic E-state index is 15.4. The van der Waals surface area contributed by atoms with Crippen LogP contribution in [0.3, 0.4) is 0 Å². The van der Waals surface area contributed by atoms with E-state index in [0.717, 1.165) is 28.6 Å². The van der Waals surface area contributed by atoms with Gasteiger partial charge >= 0.3 is 6.18 Å². The Hall–Kier alpha value is -1.30. The van der Waals surface area contributed by atoms with Crippen molar-refractivity contribution >= 4 is 22.6 Å². The molecular weight excluding hydrogens is 589 g/mol. The molecule has 1 fully saturated rings. The number of pyridine rings is 1. The van der Waals surface area contributed by atoms with Crippen LogP contribution in [0.2, 0.25) is 0 Å². The number of hydrogen-bond donors (Lipinski definition) is 1. The standard InChI is InChI=1S/C27H30F4INO3/c1-13(2)23-21-22(20-17(33-23)10-25(3,4)11-18(20)34)26(7-8-35-12-19(26)32)36-24(21)15-6-5-14(9-16(15)28)27(29,30)31/h5-6,9,13,18-19,24,34H,7-8,10-12H2,1-4H3/t18?,19?,24-,26?/m1/s1. The van der Waals surface area contributed by atoms with Crippen molar-refractivity contribution in [1.82, 2.24) is 4.98 Å². The topological polar surface area (TPSA) is 51.6 Å². The molecule has 5 rings (SSSR count). The van der Waals surface area contributed by atoms with E-state index in [1.54, 1.807) is 0 Å². The second kappa shape index (κ2) is 8.88. The van der Waals surface area contributed by atoms with Gasteiger partial charge in [0.25, 0.3) is 0 Å². The van der Waals surface area contributed by atoms with Gasteiger partial charge in [-0.3, -0.25) is 4.98 Å². The van der Waals surface area contributed by atoms with Gasteiger partial charge in [0.1, 0.15) is 17.5 Å². The third-order valence-electron chi connectivity index (χ3n) is 7.66. The van der Waals surface area contributed by atoms with Gasteiger partial charge in [-0.1, -0.05) is 56.4 Å². The molecule has 0 saturated carbocycles. The van der Waals surface area contributed by atoms with Gasteiger partial charge in [-0.25, -0.2) is 4.39 Å². The summed E-state index contributed by atoms with van der Waals surface area (Å²) in [7, 11) is 0. The number of benzene rings is 1. The fourth-order valence-corrected chi connectivity index (χ4v) is 7.09. The fraction of sp³-hybridized carbons (Fsp3) is 0.593. The normalized spacial score (nSPS) is 29.5. The summed E-state index contributed by atoms with van der Waals surface area (Å²) in [5, 5.41) is 11.4. The summed E-state index contributed by atoms with van der Waals surface area (Å²) in [5.74, 6) is -1.01. The summed E-state index contributed by atoms with van der Waals surface area (Å²) >= 11 is 2.29. The Bertz CT molecular complexity index is 1200. The van der Waals surface area contributed by atoms with Crippen molar-refractivity contribution in [2.24, 2.45) is 5.41 Å². The Morgan fingerprint density at radius 2 is 1.92 bits per heavy atom. The number of ether oxygens (including phenoxy) is 2. The number of halogens is 5. The molecule has 1 aliphatic carbocycles. The third kappa shape index (κ3) is 4.18. The first-order chi connectivity index (χ1) is 16.7. The number of aliphatic hydroxyl groups excluding tert-OH is 1. The smallest absolute Gasteiger partial charge is 0.388 e. The van der Waals surface area contributed by atoms with Crippen molar-refractivity contribution in [3.05, 3.63) is 63.2 Å². The molecule has 0 amide bonds. The summed E-state index contributed by atoms with van der Waals surface area (Å²) < 4.78 is 67.5. The number of fused-ring (bicyclic) bond motifs is 4. The van der Waals surface area contributed by atoms with Crippen molar-refractivity contribution < 1.29 is 32.1 Å². The molecule has 1 spiro atoms. The molecular formula is C27H30F4INO3. The number of aliphatic hydroxyl groups is 1. The molecule has 1 N–H and O–H groups in total. The molecule has 9 heteroatoms. The predicted molar refractivity (Wildman–Crippen MR) is 135 cm³/mol. The van der Waals surface area contributed by atoms with Crippen LogP contribution in [0.1, 0.15) is 97.9 Å². The Labute approximate surface area is 221 Å². The van der Waals surface area contributed by atoms with Crippen LogP contribution in [-0.2, 0) is 27.7 Å². The minimum Gasteiger partial charge on any atom is -0.388 e. The monoisotopic (exact) mass is 619 g/mol. The maximum absolute atomic E-state index is 15.4. The van der Waals surface area contributed by atoms with Crippen molar-refractivity contribution in [3.8, 4) is 0 Å². The molecule has 0 bridgehead atoms. The molecule has 2 aromatic rings. The number of alkyl halides is 4. The first kappa shape index (κ1) is 26.3. The van der Waals surface area contributed by atoms with E-state index in [-0.39, 0.29) is 20.8 Å². The van der Waals surface area contributed by atoms with Crippen LogP contribution in [0.4, 0.5) is 17.6 Å². The molecule has 3 aliphatic rings. The number of hydrogen-bond acceptors (Lipinski definition) is 4. The zero-order chi connectivity index (χ0) is 26.2. The van der Waals surface area contributed by atoms with Gasteiger partial charge in [-0.15, -0.1) is 0 Å². The Morgan fingerprint density at radius 3 is 2.53 bits per heavy atom. The van der Waals surface area contributed by atoms with Gasteiger partial charge in [-0.2, -0.15) is 13.2 Å². The van der Waals surface area contributed by atoms with Crippen LogP contribution in [0, 0.1) is 11.2 Å². The number of nitrogens with zero attached hydrogens (tertiary/aromatic N) is 1. The lowest BCUT2D eigenvalue weighted by Crippen LogP contribution is -2.45. The van der Waals surface area contributed by atoms with E-state index < -0.39 is 35.4 Å². The fourth-order valence-electron chi connectivity index (χ4n) is 6.07. The largest absolute Gasteiger partial charge is 0.416 e. The highest BCUT2D eigenvalue weighted by atomic mass is 127. The molecule has 3 heterocycles. The van der Waals surface area contributed by atoms with Crippen molar-refractivity contribution in [3.63, 3.8) is 0 Å². The van der Waals surface area contributed by atoms with E-state index in [2.05, 4.69) is 36.4 Å². The molecule has 1 aromatic heterocycles. The Morgan fingerprint density at radius 1 is 1.19 bits per heavy atom. The molecule has 2 aliphatic heterocycles. The van der Waals surface area contributed by atoms with Crippen LogP contribution >= 0.6 is 22.6 Å². The third-order valence-corrected chi connectivity index (χ3v) is 9.03. The first-order valence-corrected chi connectivity index (χ1v) is 13.5. The molecule has 3 unspecified atom stereocenters. The first-order valence-electron chi connectivity index (χ1n) is 12.3. The van der Waals surface area contributed by atoms with Gasteiger partial charge in [0, 0.05) is 46.7 Å². The van der Waals surface area contributed by atoms with Gasteiger partial charge in [0.05, 0.1) is 22.2 Å². The Kier molecular flexibility index (Phi) is 6.49. The van der Waals surface area contributed by atoms with Crippen LogP contribution in [-0.4, -0.2) is 27.2 Å². The van der Waals surface area contributed by atoms with Crippen LogP contribution in [0.5, 0.6) is 0 Å². The van der Waals surface area contributed by atoms with Crippen LogP contribution < -0.4 is 0 Å². The van der Waals surface area contributed by atoms with E-state index >= 15 is 4.39 Å². The van der Waals surface area contributed by atoms with Gasteiger partial charge in [0.15, 0.2) is 0 Å². The van der Waals surface area contributed by atoms with Gasteiger partial charge in [-0.05, 0) is 36.3 Å². The average Bonchev–Trinajstić information content (AvgIpc) is 3.09. The SMILES string of the molecule is CC(C)c1nc2c(c3c1[C@@H](c1ccc(C(F)(F)F)cc1F)OC31CCOCC1I)C(O)CC(C)(C)C2. The average molecular weight is 619 g/mol. The summed E-state index contributed by atoms with van der Waals surface area (Å²) in [4.78, 5) is 5.02. The van der Waals surface area contributed by atoms with Crippen molar-refractivity contribution in [2.75, 3.05) is 13.2 Å². The molecule has 0 radical (unpaired) electrons. The minimum absolute atomic E-state index is 0.0440. The predicted octanol–water partition coefficient (Wildman–Crippen LogP) is 6.91. The van der Waals surface area contributed by atoms with Crippen molar-refractivity contribution in [2.45, 2.75) is 80.8 Å². The molecule has 1 saturated heterocycles. The molecule has 4 nitrogen and oxygen atoms in total. The highest BCUT2D eigenvalue weighted by Gasteiger charge is 2.56. The number of rotatable bonds is 2. The maximum Gasteiger partial charge on any atom is 0.416 e. The van der Waals surface area contributed by atoms with Crippen LogP contribution in [0.15, 0.2) is 18.2 Å². The summed E-state index contributed by atoms with van der Waals surface area (Å²) in [6.07, 6.45) is -4.62. The lowest BCUT2D eigenvalue weighted by atomic mass is 9.70. The van der Waals surface area contributed by atoms with E-state index in [1.165, 1.54) is 6.07 Å². The number of aromatic nitrogens is 1. The second-order valence-electron chi connectivity index (χ2n) is 11.3. The van der Waals surface area contributed by atoms with Gasteiger partial charge in [0.2, 0.25) is 0 Å². The summed E-state index contributed by atoms with van der Waals surface area (Å²) in [6, 6.07) is 2.61. The second-order valence-corrected chi connectivity index (χ2v) is 12.8. The molecule has 4 atom stereocenters. The lowest BCUT2D eigenvalue weighted by Gasteiger charge is -2.42. The van der Waals surface area contributed by atoms with E-state index in [1.807, 2.05) is 13.8 Å². The highest BCUT2D eigenvalue weighted by molar-refractivity contribution is 14.1. The molecule has 196 valence electrons. The van der Waals surface area contributed by atoms with E-state index in [4.69, 9.17) is 14.5 Å². The van der Waals surface area contributed by atoms with E-state index in [0.29, 0.717) is 44.1 Å². The zero-order valence-electron chi connectivity index (χ0n) is 20.7. The molecule has 36 heavy (non-hydrogen) atoms. The minimum atomic E-state index is -4.65. The Balaban J connectivity index is 1.80. The quantitative estimate of drug-likeness (QED) is 0.226. The van der Waals surface area contributed by atoms with Crippen LogP contribution in [0.25, 0.3) is 0 Å². The lowest BCUT2D eigenvalue weighted by molar-refractivity contribution is -0.138. The summed E-state index contributed by atoms with van der Waals surface area (Å²) in [5.41, 5.74) is 1.83. The highest BCUT2D eigenvalue weighted by Crippen LogP contribution is 2.59. The summed E-state index contributed by atoms with van der Waals surface area (Å²) in [6.45, 7) is 9.04. The van der Waals surface area contributed by atoms with E-state index in [9.17, 15) is 18.3 Å². The molecule has 1 aromatic carbocycles. The zero-order valence-corrected chi connectivity index (χ0v) is 22.8.